The predicted octanol–water partition coefficient (Wildman–Crippen LogP) is -1.39. The lowest BCUT2D eigenvalue weighted by Crippen LogP contribution is -2.64. The minimum Gasteiger partial charge on any atom is -0.508 e. The average molecular weight is 595 g/mol. The second-order valence-electron chi connectivity index (χ2n) is 10.1. The van der Waals surface area contributed by atoms with E-state index >= 15 is 0 Å². The van der Waals surface area contributed by atoms with Crippen molar-refractivity contribution in [2.75, 3.05) is 6.61 Å². The standard InChI is InChI=1S/C27H30O15/c1-9-25(42-27-23(36)21(34)19(32)16(8-28)41-27)22(35)24(37)26(38-9)40-15-7-14-17(20(33)18(15)31)12(30)6-13(39-14)10-2-4-11(29)5-3-10/h2-7,9,16,19,21-29,31-37H,8H2,1H3. The van der Waals surface area contributed by atoms with Gasteiger partial charge in [0.1, 0.15) is 65.2 Å². The van der Waals surface area contributed by atoms with Gasteiger partial charge in [-0.15, -0.1) is 0 Å². The highest BCUT2D eigenvalue weighted by atomic mass is 16.7. The third-order valence-electron chi connectivity index (χ3n) is 7.24. The van der Waals surface area contributed by atoms with E-state index < -0.39 is 90.7 Å². The third-order valence-corrected chi connectivity index (χ3v) is 7.24. The van der Waals surface area contributed by atoms with E-state index in [9.17, 15) is 50.8 Å². The number of rotatable bonds is 6. The van der Waals surface area contributed by atoms with Crippen LogP contribution in [0.2, 0.25) is 0 Å². The molecule has 15 nitrogen and oxygen atoms in total. The van der Waals surface area contributed by atoms with Crippen LogP contribution in [0.4, 0.5) is 0 Å². The number of hydrogen-bond donors (Lipinski definition) is 9. The highest BCUT2D eigenvalue weighted by Gasteiger charge is 2.50. The Bertz CT molecular complexity index is 1470. The molecule has 0 radical (unpaired) electrons. The molecule has 2 fully saturated rings. The van der Waals surface area contributed by atoms with E-state index in [2.05, 4.69) is 0 Å². The molecule has 2 aromatic carbocycles. The zero-order valence-electron chi connectivity index (χ0n) is 21.9. The first kappa shape index (κ1) is 30.0. The van der Waals surface area contributed by atoms with Crippen LogP contribution >= 0.6 is 0 Å². The molecule has 10 unspecified atom stereocenters. The van der Waals surface area contributed by atoms with Crippen LogP contribution in [-0.4, -0.2) is 114 Å². The van der Waals surface area contributed by atoms with E-state index in [0.717, 1.165) is 12.1 Å². The maximum absolute atomic E-state index is 12.7. The molecule has 3 heterocycles. The maximum atomic E-state index is 12.7. The number of aliphatic hydroxyl groups excluding tert-OH is 6. The molecule has 15 heteroatoms. The Morgan fingerprint density at radius 3 is 2.14 bits per heavy atom. The van der Waals surface area contributed by atoms with Crippen LogP contribution in [0.3, 0.4) is 0 Å². The van der Waals surface area contributed by atoms with Crippen molar-refractivity contribution in [1.82, 2.24) is 0 Å². The van der Waals surface area contributed by atoms with Crippen LogP contribution in [-0.2, 0) is 14.2 Å². The molecular weight excluding hydrogens is 564 g/mol. The lowest BCUT2D eigenvalue weighted by molar-refractivity contribution is -0.348. The molecule has 42 heavy (non-hydrogen) atoms. The van der Waals surface area contributed by atoms with E-state index in [1.54, 1.807) is 0 Å². The zero-order valence-corrected chi connectivity index (χ0v) is 21.9. The molecule has 0 amide bonds. The summed E-state index contributed by atoms with van der Waals surface area (Å²) < 4.78 is 27.8. The first-order valence-corrected chi connectivity index (χ1v) is 12.9. The molecule has 0 aliphatic carbocycles. The Balaban J connectivity index is 1.38. The number of phenolic OH excluding ortho intramolecular Hbond substituents is 3. The van der Waals surface area contributed by atoms with Gasteiger partial charge in [0.2, 0.25) is 12.0 Å². The van der Waals surface area contributed by atoms with Gasteiger partial charge in [-0.25, -0.2) is 0 Å². The van der Waals surface area contributed by atoms with E-state index in [0.29, 0.717) is 5.56 Å². The van der Waals surface area contributed by atoms with Crippen LogP contribution in [0.15, 0.2) is 45.6 Å². The van der Waals surface area contributed by atoms with E-state index in [-0.39, 0.29) is 22.5 Å². The maximum Gasteiger partial charge on any atom is 0.229 e. The molecule has 0 saturated carbocycles. The number of aliphatic hydroxyl groups is 6. The van der Waals surface area contributed by atoms with Crippen LogP contribution in [0.1, 0.15) is 6.92 Å². The van der Waals surface area contributed by atoms with Crippen molar-refractivity contribution in [3.8, 4) is 34.3 Å². The van der Waals surface area contributed by atoms with Crippen molar-refractivity contribution >= 4 is 11.0 Å². The Morgan fingerprint density at radius 1 is 0.810 bits per heavy atom. The van der Waals surface area contributed by atoms with Gasteiger partial charge in [0, 0.05) is 17.7 Å². The summed E-state index contributed by atoms with van der Waals surface area (Å²) in [5.74, 6) is -2.14. The number of phenols is 3. The molecule has 0 spiro atoms. The lowest BCUT2D eigenvalue weighted by Gasteiger charge is -2.45. The third kappa shape index (κ3) is 5.37. The normalized spacial score (nSPS) is 33.5. The summed E-state index contributed by atoms with van der Waals surface area (Å²) in [6, 6.07) is 7.93. The lowest BCUT2D eigenvalue weighted by atomic mass is 9.97. The Labute approximate surface area is 236 Å². The topological polar surface area (TPSA) is 249 Å². The first-order valence-electron chi connectivity index (χ1n) is 12.9. The van der Waals surface area contributed by atoms with Gasteiger partial charge < -0.3 is 69.3 Å². The number of ether oxygens (including phenoxy) is 4. The second-order valence-corrected chi connectivity index (χ2v) is 10.1. The van der Waals surface area contributed by atoms with Gasteiger partial charge >= 0.3 is 0 Å². The summed E-state index contributed by atoms with van der Waals surface area (Å²) >= 11 is 0. The van der Waals surface area contributed by atoms with Crippen molar-refractivity contribution in [2.45, 2.75) is 68.3 Å². The van der Waals surface area contributed by atoms with Gasteiger partial charge in [0.25, 0.3) is 0 Å². The summed E-state index contributed by atoms with van der Waals surface area (Å²) in [4.78, 5) is 12.7. The summed E-state index contributed by atoms with van der Waals surface area (Å²) in [5, 5.41) is 91.5. The van der Waals surface area contributed by atoms with Crippen molar-refractivity contribution < 1.29 is 69.3 Å². The summed E-state index contributed by atoms with van der Waals surface area (Å²) in [7, 11) is 0. The fourth-order valence-electron chi connectivity index (χ4n) is 4.88. The molecule has 1 aromatic heterocycles. The average Bonchev–Trinajstić information content (AvgIpc) is 2.96. The molecule has 228 valence electrons. The second kappa shape index (κ2) is 11.6. The smallest absolute Gasteiger partial charge is 0.229 e. The van der Waals surface area contributed by atoms with Crippen molar-refractivity contribution in [1.29, 1.82) is 0 Å². The Morgan fingerprint density at radius 2 is 1.48 bits per heavy atom. The molecule has 2 aliphatic heterocycles. The van der Waals surface area contributed by atoms with Crippen LogP contribution in [0, 0.1) is 0 Å². The monoisotopic (exact) mass is 594 g/mol. The summed E-state index contributed by atoms with van der Waals surface area (Å²) in [6.45, 7) is 0.710. The van der Waals surface area contributed by atoms with Crippen molar-refractivity contribution in [3.05, 3.63) is 46.6 Å². The van der Waals surface area contributed by atoms with Crippen molar-refractivity contribution in [3.63, 3.8) is 0 Å². The number of fused-ring (bicyclic) bond motifs is 1. The SMILES string of the molecule is CC1OC(Oc2cc3oc(-c4ccc(O)cc4)cc(=O)c3c(O)c2O)C(O)C(O)C1OC1OC(CO)C(O)C(O)C1O. The van der Waals surface area contributed by atoms with Gasteiger partial charge in [-0.2, -0.15) is 0 Å². The van der Waals surface area contributed by atoms with E-state index in [1.165, 1.54) is 31.2 Å². The molecule has 2 saturated heterocycles. The van der Waals surface area contributed by atoms with Gasteiger partial charge in [-0.1, -0.05) is 0 Å². The van der Waals surface area contributed by atoms with E-state index in [4.69, 9.17) is 23.4 Å². The van der Waals surface area contributed by atoms with Gasteiger partial charge in [0.05, 0.1) is 12.7 Å². The van der Waals surface area contributed by atoms with E-state index in [1.807, 2.05) is 0 Å². The largest absolute Gasteiger partial charge is 0.508 e. The fraction of sp³-hybridized carbons (Fsp3) is 0.444. The molecule has 0 bridgehead atoms. The predicted molar refractivity (Wildman–Crippen MR) is 139 cm³/mol. The Hall–Kier alpha value is -3.51. The van der Waals surface area contributed by atoms with Crippen molar-refractivity contribution in [2.24, 2.45) is 0 Å². The summed E-state index contributed by atoms with van der Waals surface area (Å²) in [6.07, 6.45) is -15.7. The Kier molecular flexibility index (Phi) is 8.30. The molecule has 5 rings (SSSR count). The molecule has 3 aromatic rings. The molecule has 9 N–H and O–H groups in total. The summed E-state index contributed by atoms with van der Waals surface area (Å²) in [5.41, 5.74) is -0.460. The van der Waals surface area contributed by atoms with Gasteiger partial charge in [-0.05, 0) is 31.2 Å². The highest BCUT2D eigenvalue weighted by molar-refractivity contribution is 5.89. The van der Waals surface area contributed by atoms with Gasteiger partial charge in [0.15, 0.2) is 23.2 Å². The number of benzene rings is 2. The number of aromatic hydroxyl groups is 3. The number of hydrogen-bond acceptors (Lipinski definition) is 15. The molecule has 2 aliphatic rings. The van der Waals surface area contributed by atoms with Gasteiger partial charge in [-0.3, -0.25) is 4.79 Å². The zero-order chi connectivity index (χ0) is 30.5. The van der Waals surface area contributed by atoms with Crippen LogP contribution in [0.25, 0.3) is 22.3 Å². The minimum absolute atomic E-state index is 0.0107. The molecular formula is C27H30O15. The minimum atomic E-state index is -1.84. The van der Waals surface area contributed by atoms with Crippen LogP contribution < -0.4 is 10.2 Å². The van der Waals surface area contributed by atoms with Crippen LogP contribution in [0.5, 0.6) is 23.0 Å². The quantitative estimate of drug-likeness (QED) is 0.149. The molecule has 10 atom stereocenters. The highest BCUT2D eigenvalue weighted by Crippen LogP contribution is 2.43. The first-order chi connectivity index (χ1) is 19.9. The fourth-order valence-corrected chi connectivity index (χ4v) is 4.88.